The summed E-state index contributed by atoms with van der Waals surface area (Å²) in [4.78, 5) is 11.7. The molecular weight excluding hydrogens is 256 g/mol. The molecule has 0 bridgehead atoms. The first-order valence-corrected chi connectivity index (χ1v) is 7.70. The van der Waals surface area contributed by atoms with Gasteiger partial charge in [-0.25, -0.2) is 4.79 Å². The van der Waals surface area contributed by atoms with Crippen molar-refractivity contribution >= 4 is 6.09 Å². The topological polar surface area (TPSA) is 59.6 Å². The van der Waals surface area contributed by atoms with Crippen LogP contribution in [-0.2, 0) is 9.47 Å². The number of rotatable bonds is 3. The smallest absolute Gasteiger partial charge is 0.407 e. The molecule has 4 unspecified atom stereocenters. The van der Waals surface area contributed by atoms with Gasteiger partial charge in [-0.3, -0.25) is 0 Å². The highest BCUT2D eigenvalue weighted by Gasteiger charge is 2.32. The maximum Gasteiger partial charge on any atom is 0.407 e. The lowest BCUT2D eigenvalue weighted by molar-refractivity contribution is 0.0504. The number of amides is 1. The highest BCUT2D eigenvalue weighted by Crippen LogP contribution is 2.23. The van der Waals surface area contributed by atoms with Crippen LogP contribution in [0.3, 0.4) is 0 Å². The number of carbonyl (C=O) groups is 1. The Kier molecular flexibility index (Phi) is 4.91. The van der Waals surface area contributed by atoms with Gasteiger partial charge in [0.25, 0.3) is 0 Å². The Morgan fingerprint density at radius 3 is 2.50 bits per heavy atom. The van der Waals surface area contributed by atoms with Gasteiger partial charge >= 0.3 is 6.09 Å². The van der Waals surface area contributed by atoms with Gasteiger partial charge in [0.2, 0.25) is 0 Å². The van der Waals surface area contributed by atoms with Gasteiger partial charge in [-0.05, 0) is 53.4 Å². The van der Waals surface area contributed by atoms with Crippen LogP contribution in [0.5, 0.6) is 0 Å². The lowest BCUT2D eigenvalue weighted by atomic mass is 10.1. The Morgan fingerprint density at radius 1 is 1.20 bits per heavy atom. The molecule has 5 nitrogen and oxygen atoms in total. The van der Waals surface area contributed by atoms with E-state index in [4.69, 9.17) is 9.47 Å². The molecule has 0 aromatic rings. The van der Waals surface area contributed by atoms with Crippen LogP contribution in [0.15, 0.2) is 0 Å². The minimum Gasteiger partial charge on any atom is -0.444 e. The molecule has 5 heteroatoms. The predicted octanol–water partition coefficient (Wildman–Crippen LogP) is 2.20. The van der Waals surface area contributed by atoms with E-state index in [1.165, 1.54) is 0 Å². The van der Waals surface area contributed by atoms with E-state index < -0.39 is 5.60 Å². The summed E-state index contributed by atoms with van der Waals surface area (Å²) in [5.41, 5.74) is -0.434. The minimum atomic E-state index is -0.434. The second-order valence-corrected chi connectivity index (χ2v) is 6.99. The van der Waals surface area contributed by atoms with E-state index in [9.17, 15) is 4.79 Å². The number of alkyl carbamates (subject to hydrolysis) is 1. The zero-order chi connectivity index (χ0) is 14.8. The monoisotopic (exact) mass is 284 g/mol. The van der Waals surface area contributed by atoms with E-state index >= 15 is 0 Å². The maximum absolute atomic E-state index is 11.7. The van der Waals surface area contributed by atoms with Gasteiger partial charge in [-0.15, -0.1) is 0 Å². The number of nitrogens with one attached hydrogen (secondary N) is 2. The SMILES string of the molecule is CC1OCCC1NC1CCC(NC(=O)OC(C)(C)C)C1. The van der Waals surface area contributed by atoms with Gasteiger partial charge in [-0.2, -0.15) is 0 Å². The normalized spacial score (nSPS) is 34.2. The van der Waals surface area contributed by atoms with Gasteiger partial charge in [0, 0.05) is 24.7 Å². The molecule has 1 aliphatic heterocycles. The summed E-state index contributed by atoms with van der Waals surface area (Å²) < 4.78 is 10.9. The third-order valence-corrected chi connectivity index (χ3v) is 3.98. The van der Waals surface area contributed by atoms with Crippen LogP contribution in [0, 0.1) is 0 Å². The fraction of sp³-hybridized carbons (Fsp3) is 0.933. The fourth-order valence-electron chi connectivity index (χ4n) is 2.99. The van der Waals surface area contributed by atoms with Gasteiger partial charge < -0.3 is 20.1 Å². The lowest BCUT2D eigenvalue weighted by Crippen LogP contribution is -2.42. The van der Waals surface area contributed by atoms with Crippen molar-refractivity contribution in [3.63, 3.8) is 0 Å². The van der Waals surface area contributed by atoms with Crippen molar-refractivity contribution < 1.29 is 14.3 Å². The van der Waals surface area contributed by atoms with Crippen molar-refractivity contribution in [2.24, 2.45) is 0 Å². The van der Waals surface area contributed by atoms with Crippen molar-refractivity contribution in [2.45, 2.75) is 83.2 Å². The third kappa shape index (κ3) is 4.63. The summed E-state index contributed by atoms with van der Waals surface area (Å²) >= 11 is 0. The van der Waals surface area contributed by atoms with Gasteiger partial charge in [0.05, 0.1) is 6.10 Å². The highest BCUT2D eigenvalue weighted by molar-refractivity contribution is 5.68. The maximum atomic E-state index is 11.7. The number of hydrogen-bond donors (Lipinski definition) is 2. The molecule has 1 saturated heterocycles. The largest absolute Gasteiger partial charge is 0.444 e. The molecule has 2 fully saturated rings. The van der Waals surface area contributed by atoms with Crippen LogP contribution in [0.4, 0.5) is 4.79 Å². The van der Waals surface area contributed by atoms with E-state index in [2.05, 4.69) is 17.6 Å². The van der Waals surface area contributed by atoms with Crippen LogP contribution in [0.25, 0.3) is 0 Å². The Labute approximate surface area is 121 Å². The molecule has 0 spiro atoms. The lowest BCUT2D eigenvalue weighted by Gasteiger charge is -2.23. The molecule has 0 aromatic heterocycles. The summed E-state index contributed by atoms with van der Waals surface area (Å²) in [7, 11) is 0. The molecule has 1 heterocycles. The van der Waals surface area contributed by atoms with Crippen molar-refractivity contribution in [2.75, 3.05) is 6.61 Å². The molecule has 1 saturated carbocycles. The summed E-state index contributed by atoms with van der Waals surface area (Å²) in [5, 5.41) is 6.63. The van der Waals surface area contributed by atoms with Crippen LogP contribution in [-0.4, -0.2) is 42.5 Å². The Balaban J connectivity index is 1.71. The van der Waals surface area contributed by atoms with Crippen LogP contribution in [0.1, 0.15) is 53.4 Å². The molecule has 1 amide bonds. The predicted molar refractivity (Wildman–Crippen MR) is 77.8 cm³/mol. The molecular formula is C15H28N2O3. The minimum absolute atomic E-state index is 0.222. The second-order valence-electron chi connectivity index (χ2n) is 6.99. The average molecular weight is 284 g/mol. The van der Waals surface area contributed by atoms with E-state index in [0.717, 1.165) is 32.3 Å². The van der Waals surface area contributed by atoms with Crippen molar-refractivity contribution in [3.05, 3.63) is 0 Å². The molecule has 2 aliphatic rings. The van der Waals surface area contributed by atoms with E-state index in [1.54, 1.807) is 0 Å². The van der Waals surface area contributed by atoms with Gasteiger partial charge in [0.15, 0.2) is 0 Å². The van der Waals surface area contributed by atoms with Gasteiger partial charge in [0.1, 0.15) is 5.60 Å². The summed E-state index contributed by atoms with van der Waals surface area (Å²) in [6.07, 6.45) is 4.17. The second kappa shape index (κ2) is 6.31. The van der Waals surface area contributed by atoms with Crippen molar-refractivity contribution in [1.82, 2.24) is 10.6 Å². The van der Waals surface area contributed by atoms with Crippen molar-refractivity contribution in [3.8, 4) is 0 Å². The van der Waals surface area contributed by atoms with Crippen LogP contribution >= 0.6 is 0 Å². The van der Waals surface area contributed by atoms with E-state index in [1.807, 2.05) is 20.8 Å². The van der Waals surface area contributed by atoms with Crippen LogP contribution in [0.2, 0.25) is 0 Å². The molecule has 20 heavy (non-hydrogen) atoms. The molecule has 2 N–H and O–H groups in total. The first kappa shape index (κ1) is 15.6. The van der Waals surface area contributed by atoms with Crippen molar-refractivity contribution in [1.29, 1.82) is 0 Å². The quantitative estimate of drug-likeness (QED) is 0.834. The zero-order valence-corrected chi connectivity index (χ0v) is 13.1. The molecule has 0 radical (unpaired) electrons. The average Bonchev–Trinajstić information content (AvgIpc) is 2.87. The number of hydrogen-bond acceptors (Lipinski definition) is 4. The Bertz CT molecular complexity index is 341. The Hall–Kier alpha value is -0.810. The summed E-state index contributed by atoms with van der Waals surface area (Å²) in [5.74, 6) is 0. The highest BCUT2D eigenvalue weighted by atomic mass is 16.6. The fourth-order valence-corrected chi connectivity index (χ4v) is 2.99. The third-order valence-electron chi connectivity index (χ3n) is 3.98. The molecule has 116 valence electrons. The summed E-state index contributed by atoms with van der Waals surface area (Å²) in [6, 6.07) is 1.16. The Morgan fingerprint density at radius 2 is 1.90 bits per heavy atom. The first-order chi connectivity index (χ1) is 9.33. The summed E-state index contributed by atoms with van der Waals surface area (Å²) in [6.45, 7) is 8.62. The molecule has 4 atom stereocenters. The number of carbonyl (C=O) groups excluding carboxylic acids is 1. The van der Waals surface area contributed by atoms with Gasteiger partial charge in [-0.1, -0.05) is 0 Å². The number of ether oxygens (including phenoxy) is 2. The van der Waals surface area contributed by atoms with E-state index in [0.29, 0.717) is 18.2 Å². The first-order valence-electron chi connectivity index (χ1n) is 7.70. The standard InChI is InChI=1S/C15H28N2O3/c1-10-13(7-8-19-10)16-11-5-6-12(9-11)17-14(18)20-15(2,3)4/h10-13,16H,5-9H2,1-4H3,(H,17,18). The zero-order valence-electron chi connectivity index (χ0n) is 13.1. The molecule has 1 aliphatic carbocycles. The molecule has 2 rings (SSSR count). The van der Waals surface area contributed by atoms with Crippen LogP contribution < -0.4 is 10.6 Å². The molecule has 0 aromatic carbocycles. The van der Waals surface area contributed by atoms with E-state index in [-0.39, 0.29) is 12.1 Å².